The Labute approximate surface area is 120 Å². The molecule has 106 valence electrons. The first-order chi connectivity index (χ1) is 9.70. The van der Waals surface area contributed by atoms with Crippen molar-refractivity contribution in [2.75, 3.05) is 7.11 Å². The molecule has 2 atom stereocenters. The van der Waals surface area contributed by atoms with Gasteiger partial charge >= 0.3 is 0 Å². The molecule has 20 heavy (non-hydrogen) atoms. The van der Waals surface area contributed by atoms with E-state index in [1.54, 1.807) is 7.11 Å². The first-order valence-corrected chi connectivity index (χ1v) is 6.87. The van der Waals surface area contributed by atoms with E-state index in [0.717, 1.165) is 12.3 Å². The maximum atomic E-state index is 6.10. The Kier molecular flexibility index (Phi) is 5.16. The van der Waals surface area contributed by atoms with Crippen LogP contribution >= 0.6 is 0 Å². The van der Waals surface area contributed by atoms with Gasteiger partial charge in [0.05, 0.1) is 7.11 Å². The fourth-order valence-electron chi connectivity index (χ4n) is 2.24. The molecule has 3 heteroatoms. The smallest absolute Gasteiger partial charge is 0.118 e. The third-order valence-electron chi connectivity index (χ3n) is 3.37. The van der Waals surface area contributed by atoms with Crippen molar-refractivity contribution in [2.24, 2.45) is 5.73 Å². The second-order valence-electron chi connectivity index (χ2n) is 4.98. The van der Waals surface area contributed by atoms with Gasteiger partial charge in [0.15, 0.2) is 0 Å². The molecule has 0 amide bonds. The van der Waals surface area contributed by atoms with Crippen LogP contribution in [0.3, 0.4) is 0 Å². The van der Waals surface area contributed by atoms with Crippen LogP contribution in [0.2, 0.25) is 0 Å². The lowest BCUT2D eigenvalue weighted by atomic mass is 10.0. The maximum absolute atomic E-state index is 6.10. The van der Waals surface area contributed by atoms with Crippen molar-refractivity contribution < 1.29 is 4.74 Å². The van der Waals surface area contributed by atoms with E-state index in [2.05, 4.69) is 29.6 Å². The van der Waals surface area contributed by atoms with E-state index in [1.165, 1.54) is 11.1 Å². The number of ether oxygens (including phenoxy) is 1. The second kappa shape index (κ2) is 7.08. The van der Waals surface area contributed by atoms with Crippen molar-refractivity contribution in [3.63, 3.8) is 0 Å². The number of nitrogens with one attached hydrogen (secondary N) is 1. The molecule has 2 rings (SSSR count). The summed E-state index contributed by atoms with van der Waals surface area (Å²) in [7, 11) is 1.68. The standard InChI is InChI=1S/C17H22N2O/c1-13(18)17(15-6-4-3-5-7-15)19-12-14-8-10-16(20-2)11-9-14/h3-11,13,17,19H,12,18H2,1-2H3. The normalized spacial score (nSPS) is 13.8. The van der Waals surface area contributed by atoms with Crippen LogP contribution in [0.15, 0.2) is 54.6 Å². The zero-order valence-electron chi connectivity index (χ0n) is 12.0. The lowest BCUT2D eigenvalue weighted by Crippen LogP contribution is -2.35. The minimum atomic E-state index is 0.0515. The first kappa shape index (κ1) is 14.6. The van der Waals surface area contributed by atoms with E-state index in [4.69, 9.17) is 10.5 Å². The predicted molar refractivity (Wildman–Crippen MR) is 82.7 cm³/mol. The van der Waals surface area contributed by atoms with E-state index in [-0.39, 0.29) is 12.1 Å². The number of benzene rings is 2. The molecule has 2 unspecified atom stereocenters. The molecule has 0 aromatic heterocycles. The van der Waals surface area contributed by atoms with Gasteiger partial charge in [-0.1, -0.05) is 42.5 Å². The average Bonchev–Trinajstić information content (AvgIpc) is 2.49. The average molecular weight is 270 g/mol. The van der Waals surface area contributed by atoms with Gasteiger partial charge in [0.25, 0.3) is 0 Å². The van der Waals surface area contributed by atoms with Crippen LogP contribution in [-0.4, -0.2) is 13.2 Å². The van der Waals surface area contributed by atoms with Crippen molar-refractivity contribution in [3.05, 3.63) is 65.7 Å². The van der Waals surface area contributed by atoms with E-state index in [9.17, 15) is 0 Å². The van der Waals surface area contributed by atoms with Crippen molar-refractivity contribution in [2.45, 2.75) is 25.6 Å². The minimum Gasteiger partial charge on any atom is -0.497 e. The van der Waals surface area contributed by atoms with E-state index >= 15 is 0 Å². The third kappa shape index (κ3) is 3.83. The molecular formula is C17H22N2O. The summed E-state index contributed by atoms with van der Waals surface area (Å²) in [6, 6.07) is 18.6. The lowest BCUT2D eigenvalue weighted by molar-refractivity contribution is 0.414. The van der Waals surface area contributed by atoms with E-state index in [0.29, 0.717) is 0 Å². The van der Waals surface area contributed by atoms with Crippen molar-refractivity contribution >= 4 is 0 Å². The van der Waals surface area contributed by atoms with Gasteiger partial charge in [-0.2, -0.15) is 0 Å². The van der Waals surface area contributed by atoms with Crippen LogP contribution < -0.4 is 15.8 Å². The molecule has 0 saturated carbocycles. The molecule has 0 radical (unpaired) electrons. The Morgan fingerprint density at radius 2 is 1.70 bits per heavy atom. The highest BCUT2D eigenvalue weighted by Crippen LogP contribution is 2.17. The molecule has 0 aliphatic rings. The molecule has 0 heterocycles. The van der Waals surface area contributed by atoms with Crippen molar-refractivity contribution in [1.29, 1.82) is 0 Å². The zero-order valence-corrected chi connectivity index (χ0v) is 12.0. The zero-order chi connectivity index (χ0) is 14.4. The summed E-state index contributed by atoms with van der Waals surface area (Å²) in [6.07, 6.45) is 0. The highest BCUT2D eigenvalue weighted by molar-refractivity contribution is 5.27. The molecule has 0 aliphatic heterocycles. The fourth-order valence-corrected chi connectivity index (χ4v) is 2.24. The molecule has 0 spiro atoms. The Balaban J connectivity index is 2.02. The van der Waals surface area contributed by atoms with Gasteiger partial charge in [-0.05, 0) is 30.2 Å². The second-order valence-corrected chi connectivity index (χ2v) is 4.98. The van der Waals surface area contributed by atoms with Gasteiger partial charge in [0, 0.05) is 18.6 Å². The molecule has 0 aliphatic carbocycles. The summed E-state index contributed by atoms with van der Waals surface area (Å²) in [4.78, 5) is 0. The van der Waals surface area contributed by atoms with Crippen LogP contribution in [0.25, 0.3) is 0 Å². The van der Waals surface area contributed by atoms with Crippen LogP contribution in [0.4, 0.5) is 0 Å². The van der Waals surface area contributed by atoms with E-state index < -0.39 is 0 Å². The molecule has 0 fully saturated rings. The molecule has 2 aromatic carbocycles. The Morgan fingerprint density at radius 1 is 1.05 bits per heavy atom. The minimum absolute atomic E-state index is 0.0515. The SMILES string of the molecule is COc1ccc(CNC(c2ccccc2)C(C)N)cc1. The van der Waals surface area contributed by atoms with Gasteiger partial charge in [-0.25, -0.2) is 0 Å². The molecule has 3 N–H and O–H groups in total. The Bertz CT molecular complexity index is 508. The van der Waals surface area contributed by atoms with Crippen LogP contribution in [0.1, 0.15) is 24.1 Å². The number of hydrogen-bond donors (Lipinski definition) is 2. The summed E-state index contributed by atoms with van der Waals surface area (Å²) in [5.41, 5.74) is 8.53. The number of hydrogen-bond acceptors (Lipinski definition) is 3. The fraction of sp³-hybridized carbons (Fsp3) is 0.294. The highest BCUT2D eigenvalue weighted by atomic mass is 16.5. The van der Waals surface area contributed by atoms with Crippen LogP contribution in [0, 0.1) is 0 Å². The van der Waals surface area contributed by atoms with Gasteiger partial charge < -0.3 is 15.8 Å². The Morgan fingerprint density at radius 3 is 2.25 bits per heavy atom. The van der Waals surface area contributed by atoms with Gasteiger partial charge in [-0.15, -0.1) is 0 Å². The van der Waals surface area contributed by atoms with Gasteiger partial charge in [0.2, 0.25) is 0 Å². The number of nitrogens with two attached hydrogens (primary N) is 1. The molecule has 3 nitrogen and oxygen atoms in total. The quantitative estimate of drug-likeness (QED) is 0.848. The molecular weight excluding hydrogens is 248 g/mol. The van der Waals surface area contributed by atoms with Crippen molar-refractivity contribution in [1.82, 2.24) is 5.32 Å². The molecule has 0 saturated heterocycles. The third-order valence-corrected chi connectivity index (χ3v) is 3.37. The van der Waals surface area contributed by atoms with E-state index in [1.807, 2.05) is 37.3 Å². The molecule has 2 aromatic rings. The summed E-state index contributed by atoms with van der Waals surface area (Å²) in [5, 5.41) is 3.52. The Hall–Kier alpha value is -1.84. The predicted octanol–water partition coefficient (Wildman–Crippen LogP) is 2.87. The monoisotopic (exact) mass is 270 g/mol. The lowest BCUT2D eigenvalue weighted by Gasteiger charge is -2.23. The number of rotatable bonds is 6. The van der Waals surface area contributed by atoms with Crippen LogP contribution in [0.5, 0.6) is 5.75 Å². The van der Waals surface area contributed by atoms with Crippen molar-refractivity contribution in [3.8, 4) is 5.75 Å². The summed E-state index contributed by atoms with van der Waals surface area (Å²) >= 11 is 0. The van der Waals surface area contributed by atoms with Crippen LogP contribution in [-0.2, 0) is 6.54 Å². The highest BCUT2D eigenvalue weighted by Gasteiger charge is 2.14. The topological polar surface area (TPSA) is 47.3 Å². The first-order valence-electron chi connectivity index (χ1n) is 6.87. The maximum Gasteiger partial charge on any atom is 0.118 e. The number of methoxy groups -OCH3 is 1. The summed E-state index contributed by atoms with van der Waals surface area (Å²) in [6.45, 7) is 2.81. The summed E-state index contributed by atoms with van der Waals surface area (Å²) in [5.74, 6) is 0.876. The van der Waals surface area contributed by atoms with Gasteiger partial charge in [0.1, 0.15) is 5.75 Å². The molecule has 0 bridgehead atoms. The summed E-state index contributed by atoms with van der Waals surface area (Å²) < 4.78 is 5.16. The van der Waals surface area contributed by atoms with Gasteiger partial charge in [-0.3, -0.25) is 0 Å². The largest absolute Gasteiger partial charge is 0.497 e.